The quantitative estimate of drug-likeness (QED) is 0.768. The molecule has 0 saturated heterocycles. The fraction of sp³-hybridized carbons (Fsp3) is 0.267. The molecule has 0 N–H and O–H groups in total. The summed E-state index contributed by atoms with van der Waals surface area (Å²) in [5, 5.41) is 0. The van der Waals surface area contributed by atoms with Gasteiger partial charge >= 0.3 is 0 Å². The molecule has 0 aliphatic carbocycles. The predicted molar refractivity (Wildman–Crippen MR) is 82.5 cm³/mol. The zero-order valence-corrected chi connectivity index (χ0v) is 13.4. The number of ether oxygens (including phenoxy) is 1. The minimum absolute atomic E-state index is 0.0243. The number of aromatic nitrogens is 1. The molecule has 112 valence electrons. The highest BCUT2D eigenvalue weighted by Gasteiger charge is 2.18. The molecule has 1 aromatic carbocycles. The van der Waals surface area contributed by atoms with E-state index in [1.807, 2.05) is 12.1 Å². The Balaban J connectivity index is 2.27. The molecule has 21 heavy (non-hydrogen) atoms. The number of hydrogen-bond acceptors (Lipinski definition) is 4. The van der Waals surface area contributed by atoms with E-state index in [-0.39, 0.29) is 10.8 Å². The molecule has 1 aromatic heterocycles. The zero-order valence-electron chi connectivity index (χ0n) is 11.8. The van der Waals surface area contributed by atoms with Crippen molar-refractivity contribution < 1.29 is 13.2 Å². The van der Waals surface area contributed by atoms with Crippen LogP contribution in [0.25, 0.3) is 0 Å². The Morgan fingerprint density at radius 1 is 1.24 bits per heavy atom. The van der Waals surface area contributed by atoms with Crippen LogP contribution in [0, 0.1) is 0 Å². The first-order valence-electron chi connectivity index (χ1n) is 6.59. The van der Waals surface area contributed by atoms with E-state index in [0.29, 0.717) is 11.7 Å². The van der Waals surface area contributed by atoms with Gasteiger partial charge in [-0.2, -0.15) is 0 Å². The maximum Gasteiger partial charge on any atom is 0.266 e. The number of benzene rings is 1. The number of halogens is 1. The van der Waals surface area contributed by atoms with Gasteiger partial charge in [-0.3, -0.25) is 0 Å². The maximum absolute atomic E-state index is 11.5. The summed E-state index contributed by atoms with van der Waals surface area (Å²) in [4.78, 5) is 3.79. The Labute approximate surface area is 129 Å². The van der Waals surface area contributed by atoms with Crippen LogP contribution in [-0.2, 0) is 9.05 Å². The van der Waals surface area contributed by atoms with E-state index >= 15 is 0 Å². The topological polar surface area (TPSA) is 56.3 Å². The summed E-state index contributed by atoms with van der Waals surface area (Å²) in [6.07, 6.45) is 2.50. The van der Waals surface area contributed by atoms with Crippen molar-refractivity contribution >= 4 is 19.7 Å². The van der Waals surface area contributed by atoms with Crippen LogP contribution in [0.3, 0.4) is 0 Å². The van der Waals surface area contributed by atoms with Gasteiger partial charge in [0.1, 0.15) is 10.6 Å². The van der Waals surface area contributed by atoms with E-state index in [9.17, 15) is 8.42 Å². The van der Waals surface area contributed by atoms with Crippen molar-refractivity contribution in [3.05, 3.63) is 48.2 Å². The Hall–Kier alpha value is -1.59. The van der Waals surface area contributed by atoms with E-state index in [0.717, 1.165) is 6.42 Å². The van der Waals surface area contributed by atoms with Gasteiger partial charge in [-0.05, 0) is 42.2 Å². The highest BCUT2D eigenvalue weighted by atomic mass is 35.7. The van der Waals surface area contributed by atoms with Crippen molar-refractivity contribution in [3.8, 4) is 11.6 Å². The first kappa shape index (κ1) is 15.8. The van der Waals surface area contributed by atoms with E-state index in [4.69, 9.17) is 15.4 Å². The van der Waals surface area contributed by atoms with Crippen LogP contribution in [0.5, 0.6) is 11.6 Å². The summed E-state index contributed by atoms with van der Waals surface area (Å²) >= 11 is 0. The van der Waals surface area contributed by atoms with Gasteiger partial charge in [0.05, 0.1) is 0 Å². The lowest BCUT2D eigenvalue weighted by Gasteiger charge is -2.11. The van der Waals surface area contributed by atoms with Crippen LogP contribution in [0.2, 0.25) is 0 Å². The molecular formula is C15H16ClNO3S. The molecule has 1 atom stereocenters. The molecular weight excluding hydrogens is 310 g/mol. The van der Waals surface area contributed by atoms with E-state index in [1.54, 1.807) is 12.1 Å². The molecule has 0 spiro atoms. The lowest BCUT2D eigenvalue weighted by Crippen LogP contribution is -1.98. The third-order valence-electron chi connectivity index (χ3n) is 3.27. The van der Waals surface area contributed by atoms with Gasteiger partial charge in [0, 0.05) is 16.9 Å². The fourth-order valence-electron chi connectivity index (χ4n) is 1.85. The maximum atomic E-state index is 11.5. The van der Waals surface area contributed by atoms with Crippen LogP contribution in [-0.4, -0.2) is 13.4 Å². The molecule has 0 aliphatic rings. The van der Waals surface area contributed by atoms with Crippen molar-refractivity contribution in [2.45, 2.75) is 31.1 Å². The molecule has 2 aromatic rings. The van der Waals surface area contributed by atoms with Gasteiger partial charge in [-0.25, -0.2) is 13.4 Å². The summed E-state index contributed by atoms with van der Waals surface area (Å²) in [5.74, 6) is 0.957. The van der Waals surface area contributed by atoms with E-state index in [1.165, 1.54) is 23.9 Å². The highest BCUT2D eigenvalue weighted by Crippen LogP contribution is 2.29. The average Bonchev–Trinajstić information content (AvgIpc) is 2.47. The van der Waals surface area contributed by atoms with Crippen molar-refractivity contribution in [1.82, 2.24) is 4.98 Å². The summed E-state index contributed by atoms with van der Waals surface area (Å²) < 4.78 is 28.5. The first-order valence-corrected chi connectivity index (χ1v) is 8.90. The van der Waals surface area contributed by atoms with Crippen LogP contribution < -0.4 is 4.74 Å². The molecule has 1 unspecified atom stereocenters. The summed E-state index contributed by atoms with van der Waals surface area (Å²) in [5.41, 5.74) is 1.20. The second-order valence-electron chi connectivity index (χ2n) is 4.72. The predicted octanol–water partition coefficient (Wildman–Crippen LogP) is 4.31. The minimum Gasteiger partial charge on any atom is -0.438 e. The van der Waals surface area contributed by atoms with Crippen molar-refractivity contribution in [3.63, 3.8) is 0 Å². The monoisotopic (exact) mass is 325 g/mol. The Bertz CT molecular complexity index is 714. The molecule has 0 bridgehead atoms. The molecule has 0 fully saturated rings. The smallest absolute Gasteiger partial charge is 0.266 e. The second-order valence-corrected chi connectivity index (χ2v) is 7.26. The van der Waals surface area contributed by atoms with Gasteiger partial charge in [0.25, 0.3) is 9.05 Å². The van der Waals surface area contributed by atoms with Crippen molar-refractivity contribution in [2.75, 3.05) is 0 Å². The fourth-order valence-corrected chi connectivity index (χ4v) is 2.75. The normalized spacial score (nSPS) is 12.9. The molecule has 1 heterocycles. The molecule has 0 aliphatic heterocycles. The Morgan fingerprint density at radius 2 is 1.90 bits per heavy atom. The van der Waals surface area contributed by atoms with Gasteiger partial charge in [-0.1, -0.05) is 26.0 Å². The summed E-state index contributed by atoms with van der Waals surface area (Å²) in [7, 11) is 1.47. The molecule has 4 nitrogen and oxygen atoms in total. The lowest BCUT2D eigenvalue weighted by atomic mass is 9.99. The minimum atomic E-state index is -3.89. The Kier molecular flexibility index (Phi) is 4.85. The van der Waals surface area contributed by atoms with E-state index < -0.39 is 9.05 Å². The largest absolute Gasteiger partial charge is 0.438 e. The molecule has 2 rings (SSSR count). The molecule has 6 heteroatoms. The van der Waals surface area contributed by atoms with Crippen LogP contribution in [0.1, 0.15) is 31.7 Å². The molecule has 0 amide bonds. The summed E-state index contributed by atoms with van der Waals surface area (Å²) in [6, 6.07) is 10.4. The van der Waals surface area contributed by atoms with Crippen molar-refractivity contribution in [2.24, 2.45) is 0 Å². The Morgan fingerprint density at radius 3 is 2.48 bits per heavy atom. The van der Waals surface area contributed by atoms with Gasteiger partial charge in [0.2, 0.25) is 5.88 Å². The highest BCUT2D eigenvalue weighted by molar-refractivity contribution is 8.13. The first-order chi connectivity index (χ1) is 9.91. The lowest BCUT2D eigenvalue weighted by molar-refractivity contribution is 0.447. The van der Waals surface area contributed by atoms with E-state index in [2.05, 4.69) is 18.8 Å². The molecule has 0 saturated carbocycles. The summed E-state index contributed by atoms with van der Waals surface area (Å²) in [6.45, 7) is 4.27. The second kappa shape index (κ2) is 6.45. The number of nitrogens with zero attached hydrogens (tertiary/aromatic N) is 1. The van der Waals surface area contributed by atoms with Crippen molar-refractivity contribution in [1.29, 1.82) is 0 Å². The van der Waals surface area contributed by atoms with Gasteiger partial charge < -0.3 is 4.74 Å². The van der Waals surface area contributed by atoms with Gasteiger partial charge in [-0.15, -0.1) is 0 Å². The number of pyridine rings is 1. The van der Waals surface area contributed by atoms with Gasteiger partial charge in [0.15, 0.2) is 0 Å². The average molecular weight is 326 g/mol. The zero-order chi connectivity index (χ0) is 15.5. The number of hydrogen-bond donors (Lipinski definition) is 0. The molecule has 0 radical (unpaired) electrons. The van der Waals surface area contributed by atoms with Crippen LogP contribution >= 0.6 is 10.7 Å². The van der Waals surface area contributed by atoms with Crippen LogP contribution in [0.15, 0.2) is 47.5 Å². The number of rotatable bonds is 5. The SMILES string of the molecule is CCC(C)c1ccc(Oc2ncccc2S(=O)(=O)Cl)cc1. The third kappa shape index (κ3) is 3.95. The van der Waals surface area contributed by atoms with Crippen LogP contribution in [0.4, 0.5) is 0 Å². The standard InChI is InChI=1S/C15H16ClNO3S/c1-3-11(2)12-6-8-13(9-7-12)20-15-14(21(16,18)19)5-4-10-17-15/h4-11H,3H2,1-2H3. The third-order valence-corrected chi connectivity index (χ3v) is 4.61.